The van der Waals surface area contributed by atoms with Crippen molar-refractivity contribution in [2.45, 2.75) is 30.9 Å². The Morgan fingerprint density at radius 2 is 1.88 bits per heavy atom. The third-order valence-electron chi connectivity index (χ3n) is 4.95. The van der Waals surface area contributed by atoms with Crippen LogP contribution in [0.5, 0.6) is 0 Å². The first-order valence-corrected chi connectivity index (χ1v) is 13.5. The van der Waals surface area contributed by atoms with Gasteiger partial charge in [0, 0.05) is 11.6 Å². The summed E-state index contributed by atoms with van der Waals surface area (Å²) in [5.74, 6) is 2.16. The monoisotopic (exact) mass is 506 g/mol. The molecule has 33 heavy (non-hydrogen) atoms. The number of halogens is 1. The van der Waals surface area contributed by atoms with Crippen molar-refractivity contribution in [3.8, 4) is 0 Å². The van der Waals surface area contributed by atoms with Crippen molar-refractivity contribution in [1.29, 1.82) is 0 Å². The number of aryl methyl sites for hydroxylation is 2. The topological polar surface area (TPSA) is 79.6 Å². The lowest BCUT2D eigenvalue weighted by Gasteiger charge is -2.26. The standard InChI is InChI=1S/C24H27ClN2O4S2/c1-18-6-10-22(11-7-18)33(29,30)27(23-15-20(25)9-8-19(23)2)16-24(28)26-12-4-14-32-17-21-5-3-13-31-21/h3,5-11,13,15H,4,12,14,16-17H2,1-2H3,(H,26,28). The molecule has 0 bridgehead atoms. The highest BCUT2D eigenvalue weighted by molar-refractivity contribution is 7.98. The van der Waals surface area contributed by atoms with E-state index in [1.807, 2.05) is 19.1 Å². The van der Waals surface area contributed by atoms with Gasteiger partial charge in [-0.15, -0.1) is 0 Å². The van der Waals surface area contributed by atoms with Crippen LogP contribution in [-0.4, -0.2) is 33.2 Å². The number of anilines is 1. The van der Waals surface area contributed by atoms with Crippen LogP contribution in [0.25, 0.3) is 0 Å². The van der Waals surface area contributed by atoms with Gasteiger partial charge in [-0.1, -0.05) is 35.4 Å². The van der Waals surface area contributed by atoms with E-state index in [2.05, 4.69) is 5.32 Å². The van der Waals surface area contributed by atoms with E-state index in [1.54, 1.807) is 67.4 Å². The van der Waals surface area contributed by atoms with E-state index in [0.29, 0.717) is 22.8 Å². The molecule has 0 unspecified atom stereocenters. The fourth-order valence-electron chi connectivity index (χ4n) is 3.14. The van der Waals surface area contributed by atoms with Crippen LogP contribution in [0.4, 0.5) is 5.69 Å². The average Bonchev–Trinajstić information content (AvgIpc) is 3.30. The summed E-state index contributed by atoms with van der Waals surface area (Å²) < 4.78 is 33.3. The number of sulfonamides is 1. The van der Waals surface area contributed by atoms with Gasteiger partial charge in [0.2, 0.25) is 5.91 Å². The summed E-state index contributed by atoms with van der Waals surface area (Å²) >= 11 is 7.87. The minimum atomic E-state index is -3.97. The molecule has 0 saturated carbocycles. The van der Waals surface area contributed by atoms with E-state index in [1.165, 1.54) is 0 Å². The predicted octanol–water partition coefficient (Wildman–Crippen LogP) is 5.18. The second kappa shape index (κ2) is 11.6. The molecule has 2 aromatic carbocycles. The highest BCUT2D eigenvalue weighted by atomic mass is 35.5. The molecule has 1 N–H and O–H groups in total. The predicted molar refractivity (Wildman–Crippen MR) is 134 cm³/mol. The van der Waals surface area contributed by atoms with Gasteiger partial charge in [-0.3, -0.25) is 9.10 Å². The molecule has 0 fully saturated rings. The maximum Gasteiger partial charge on any atom is 0.264 e. The lowest BCUT2D eigenvalue weighted by atomic mass is 10.2. The highest BCUT2D eigenvalue weighted by Crippen LogP contribution is 2.29. The fourth-order valence-corrected chi connectivity index (χ4v) is 5.65. The van der Waals surface area contributed by atoms with Gasteiger partial charge in [-0.2, -0.15) is 11.8 Å². The van der Waals surface area contributed by atoms with Gasteiger partial charge in [0.05, 0.1) is 22.6 Å². The van der Waals surface area contributed by atoms with Crippen molar-refractivity contribution in [2.24, 2.45) is 0 Å². The molecule has 6 nitrogen and oxygen atoms in total. The zero-order valence-electron chi connectivity index (χ0n) is 18.6. The van der Waals surface area contributed by atoms with E-state index in [0.717, 1.165) is 33.6 Å². The highest BCUT2D eigenvalue weighted by Gasteiger charge is 2.28. The number of hydrogen-bond acceptors (Lipinski definition) is 5. The summed E-state index contributed by atoms with van der Waals surface area (Å²) in [6, 6.07) is 15.3. The maximum atomic E-state index is 13.5. The number of nitrogens with one attached hydrogen (secondary N) is 1. The molecular formula is C24H27ClN2O4S2. The lowest BCUT2D eigenvalue weighted by molar-refractivity contribution is -0.119. The molecule has 0 aliphatic heterocycles. The molecule has 9 heteroatoms. The lowest BCUT2D eigenvalue weighted by Crippen LogP contribution is -2.41. The first kappa shape index (κ1) is 25.2. The van der Waals surface area contributed by atoms with Crippen LogP contribution in [0, 0.1) is 13.8 Å². The molecule has 0 spiro atoms. The van der Waals surface area contributed by atoms with Crippen LogP contribution in [0.3, 0.4) is 0 Å². The van der Waals surface area contributed by atoms with Crippen molar-refractivity contribution in [1.82, 2.24) is 5.32 Å². The SMILES string of the molecule is Cc1ccc(S(=O)(=O)N(CC(=O)NCCCSCc2ccco2)c2cc(Cl)ccc2C)cc1. The number of furan rings is 1. The molecule has 1 amide bonds. The Labute approximate surface area is 204 Å². The molecule has 176 valence electrons. The van der Waals surface area contributed by atoms with Crippen LogP contribution in [0.1, 0.15) is 23.3 Å². The van der Waals surface area contributed by atoms with Crippen LogP contribution >= 0.6 is 23.4 Å². The molecule has 0 saturated heterocycles. The average molecular weight is 507 g/mol. The summed E-state index contributed by atoms with van der Waals surface area (Å²) in [5, 5.41) is 3.23. The van der Waals surface area contributed by atoms with Gasteiger partial charge in [-0.05, 0) is 68.0 Å². The Morgan fingerprint density at radius 3 is 2.58 bits per heavy atom. The molecule has 0 radical (unpaired) electrons. The molecule has 0 atom stereocenters. The first-order valence-electron chi connectivity index (χ1n) is 10.5. The normalized spacial score (nSPS) is 11.4. The molecule has 0 aliphatic rings. The largest absolute Gasteiger partial charge is 0.468 e. The Kier molecular flexibility index (Phi) is 8.88. The van der Waals surface area contributed by atoms with E-state index in [-0.39, 0.29) is 17.3 Å². The molecule has 0 aliphatic carbocycles. The van der Waals surface area contributed by atoms with E-state index >= 15 is 0 Å². The summed E-state index contributed by atoms with van der Waals surface area (Å²) in [7, 11) is -3.97. The van der Waals surface area contributed by atoms with Crippen LogP contribution < -0.4 is 9.62 Å². The van der Waals surface area contributed by atoms with Gasteiger partial charge in [0.1, 0.15) is 12.3 Å². The fraction of sp³-hybridized carbons (Fsp3) is 0.292. The van der Waals surface area contributed by atoms with Gasteiger partial charge in [0.25, 0.3) is 10.0 Å². The Bertz CT molecular complexity index is 1160. The molecule has 3 aromatic rings. The Hall–Kier alpha value is -2.42. The number of amides is 1. The summed E-state index contributed by atoms with van der Waals surface area (Å²) in [5.41, 5.74) is 2.03. The Balaban J connectivity index is 1.67. The number of nitrogens with zero attached hydrogens (tertiary/aromatic N) is 1. The van der Waals surface area contributed by atoms with Crippen molar-refractivity contribution in [2.75, 3.05) is 23.1 Å². The van der Waals surface area contributed by atoms with Crippen LogP contribution in [0.2, 0.25) is 5.02 Å². The third kappa shape index (κ3) is 7.03. The van der Waals surface area contributed by atoms with Crippen LogP contribution in [0.15, 0.2) is 70.2 Å². The molecule has 3 rings (SSSR count). The van der Waals surface area contributed by atoms with Gasteiger partial charge < -0.3 is 9.73 Å². The van der Waals surface area contributed by atoms with Crippen LogP contribution in [-0.2, 0) is 20.6 Å². The number of carbonyl (C=O) groups is 1. The number of benzene rings is 2. The number of rotatable bonds is 11. The first-order chi connectivity index (χ1) is 15.8. The molecular weight excluding hydrogens is 480 g/mol. The van der Waals surface area contributed by atoms with E-state index < -0.39 is 10.0 Å². The zero-order valence-corrected chi connectivity index (χ0v) is 21.0. The molecule has 1 aromatic heterocycles. The summed E-state index contributed by atoms with van der Waals surface area (Å²) in [4.78, 5) is 12.8. The molecule has 1 heterocycles. The third-order valence-corrected chi connectivity index (χ3v) is 8.02. The van der Waals surface area contributed by atoms with Gasteiger partial charge in [-0.25, -0.2) is 8.42 Å². The quantitative estimate of drug-likeness (QED) is 0.362. The smallest absolute Gasteiger partial charge is 0.264 e. The second-order valence-electron chi connectivity index (χ2n) is 7.59. The van der Waals surface area contributed by atoms with Crippen molar-refractivity contribution in [3.63, 3.8) is 0 Å². The Morgan fingerprint density at radius 1 is 1.12 bits per heavy atom. The summed E-state index contributed by atoms with van der Waals surface area (Å²) in [6.45, 7) is 3.79. The number of carbonyl (C=O) groups excluding carboxylic acids is 1. The van der Waals surface area contributed by atoms with Crippen molar-refractivity contribution >= 4 is 45.0 Å². The van der Waals surface area contributed by atoms with Gasteiger partial charge in [0.15, 0.2) is 0 Å². The van der Waals surface area contributed by atoms with E-state index in [9.17, 15) is 13.2 Å². The number of hydrogen-bond donors (Lipinski definition) is 1. The van der Waals surface area contributed by atoms with Gasteiger partial charge >= 0.3 is 0 Å². The number of thioether (sulfide) groups is 1. The van der Waals surface area contributed by atoms with Crippen molar-refractivity contribution < 1.29 is 17.6 Å². The minimum absolute atomic E-state index is 0.120. The zero-order chi connectivity index (χ0) is 23.8. The maximum absolute atomic E-state index is 13.5. The van der Waals surface area contributed by atoms with E-state index in [4.69, 9.17) is 16.0 Å². The van der Waals surface area contributed by atoms with Crippen molar-refractivity contribution in [3.05, 3.63) is 82.8 Å². The minimum Gasteiger partial charge on any atom is -0.468 e. The second-order valence-corrected chi connectivity index (χ2v) is 11.0. The summed E-state index contributed by atoms with van der Waals surface area (Å²) in [6.07, 6.45) is 2.41.